The highest BCUT2D eigenvalue weighted by Crippen LogP contribution is 2.40. The second kappa shape index (κ2) is 6.21. The summed E-state index contributed by atoms with van der Waals surface area (Å²) in [7, 11) is 0. The standard InChI is InChI=1S/C12H24BrNO/c1-11(2)14(7-8-15)10-12(9-13)5-3-4-6-12/h11,15H,3-10H2,1-2H3. The maximum Gasteiger partial charge on any atom is 0.0558 e. The minimum atomic E-state index is 0.274. The Morgan fingerprint density at radius 1 is 1.33 bits per heavy atom. The van der Waals surface area contributed by atoms with Crippen molar-refractivity contribution in [1.29, 1.82) is 0 Å². The number of hydrogen-bond donors (Lipinski definition) is 1. The zero-order valence-electron chi connectivity index (χ0n) is 10.0. The summed E-state index contributed by atoms with van der Waals surface area (Å²) < 4.78 is 0. The molecule has 2 nitrogen and oxygen atoms in total. The summed E-state index contributed by atoms with van der Waals surface area (Å²) in [4.78, 5) is 2.41. The molecule has 0 spiro atoms. The van der Waals surface area contributed by atoms with Crippen LogP contribution in [0.2, 0.25) is 0 Å². The molecular weight excluding hydrogens is 254 g/mol. The summed E-state index contributed by atoms with van der Waals surface area (Å²) in [6.45, 7) is 6.65. The van der Waals surface area contributed by atoms with E-state index in [0.717, 1.165) is 18.4 Å². The Hall–Kier alpha value is 0.400. The molecule has 1 saturated carbocycles. The van der Waals surface area contributed by atoms with Gasteiger partial charge in [-0.25, -0.2) is 0 Å². The summed E-state index contributed by atoms with van der Waals surface area (Å²) in [5.41, 5.74) is 0.472. The molecule has 3 heteroatoms. The van der Waals surface area contributed by atoms with E-state index >= 15 is 0 Å². The first-order chi connectivity index (χ1) is 7.13. The third-order valence-electron chi connectivity index (χ3n) is 3.60. The molecule has 1 N–H and O–H groups in total. The molecule has 0 bridgehead atoms. The second-order valence-corrected chi connectivity index (χ2v) is 5.69. The SMILES string of the molecule is CC(C)N(CCO)CC1(CBr)CCCC1. The van der Waals surface area contributed by atoms with E-state index in [9.17, 15) is 0 Å². The van der Waals surface area contributed by atoms with Crippen molar-refractivity contribution >= 4 is 15.9 Å². The van der Waals surface area contributed by atoms with Gasteiger partial charge in [-0.2, -0.15) is 0 Å². The highest BCUT2D eigenvalue weighted by Gasteiger charge is 2.34. The van der Waals surface area contributed by atoms with Gasteiger partial charge in [0, 0.05) is 24.5 Å². The highest BCUT2D eigenvalue weighted by atomic mass is 79.9. The van der Waals surface area contributed by atoms with Crippen molar-refractivity contribution in [2.75, 3.05) is 25.0 Å². The Kier molecular flexibility index (Phi) is 5.58. The summed E-state index contributed by atoms with van der Waals surface area (Å²) in [6, 6.07) is 0.536. The molecular formula is C12H24BrNO. The van der Waals surface area contributed by atoms with E-state index in [0.29, 0.717) is 11.5 Å². The van der Waals surface area contributed by atoms with E-state index < -0.39 is 0 Å². The van der Waals surface area contributed by atoms with Gasteiger partial charge >= 0.3 is 0 Å². The van der Waals surface area contributed by atoms with Gasteiger partial charge in [-0.3, -0.25) is 4.90 Å². The molecule has 0 aromatic heterocycles. The van der Waals surface area contributed by atoms with Crippen LogP contribution in [0.5, 0.6) is 0 Å². The van der Waals surface area contributed by atoms with Crippen LogP contribution in [0.15, 0.2) is 0 Å². The third-order valence-corrected chi connectivity index (χ3v) is 4.79. The maximum absolute atomic E-state index is 9.06. The molecule has 1 aliphatic carbocycles. The van der Waals surface area contributed by atoms with E-state index in [4.69, 9.17) is 5.11 Å². The predicted octanol–water partition coefficient (Wildman–Crippen LogP) is 2.64. The van der Waals surface area contributed by atoms with Gasteiger partial charge in [0.15, 0.2) is 0 Å². The number of halogens is 1. The van der Waals surface area contributed by atoms with E-state index in [1.54, 1.807) is 0 Å². The van der Waals surface area contributed by atoms with Crippen molar-refractivity contribution in [2.24, 2.45) is 5.41 Å². The molecule has 0 aromatic carbocycles. The van der Waals surface area contributed by atoms with Gasteiger partial charge < -0.3 is 5.11 Å². The van der Waals surface area contributed by atoms with Crippen LogP contribution in [-0.4, -0.2) is 41.1 Å². The van der Waals surface area contributed by atoms with Gasteiger partial charge in [0.2, 0.25) is 0 Å². The molecule has 1 aliphatic rings. The fraction of sp³-hybridized carbons (Fsp3) is 1.00. The van der Waals surface area contributed by atoms with Crippen molar-refractivity contribution in [3.8, 4) is 0 Å². The molecule has 15 heavy (non-hydrogen) atoms. The maximum atomic E-state index is 9.06. The number of nitrogens with zero attached hydrogens (tertiary/aromatic N) is 1. The molecule has 0 saturated heterocycles. The first kappa shape index (κ1) is 13.5. The summed E-state index contributed by atoms with van der Waals surface area (Å²) in [5.74, 6) is 0. The lowest BCUT2D eigenvalue weighted by molar-refractivity contribution is 0.113. The number of hydrogen-bond acceptors (Lipinski definition) is 2. The lowest BCUT2D eigenvalue weighted by Gasteiger charge is -2.36. The van der Waals surface area contributed by atoms with Gasteiger partial charge in [-0.1, -0.05) is 28.8 Å². The Morgan fingerprint density at radius 2 is 1.93 bits per heavy atom. The molecule has 0 amide bonds. The molecule has 90 valence electrons. The average Bonchev–Trinajstić information content (AvgIpc) is 2.66. The normalized spacial score (nSPS) is 20.4. The van der Waals surface area contributed by atoms with Gasteiger partial charge in [0.1, 0.15) is 0 Å². The molecule has 0 unspecified atom stereocenters. The van der Waals surface area contributed by atoms with Crippen molar-refractivity contribution in [3.63, 3.8) is 0 Å². The van der Waals surface area contributed by atoms with Gasteiger partial charge in [-0.15, -0.1) is 0 Å². The van der Waals surface area contributed by atoms with Crippen LogP contribution in [0.3, 0.4) is 0 Å². The second-order valence-electron chi connectivity index (χ2n) is 5.13. The Bertz CT molecular complexity index is 178. The zero-order valence-corrected chi connectivity index (χ0v) is 11.6. The van der Waals surface area contributed by atoms with Crippen molar-refractivity contribution in [3.05, 3.63) is 0 Å². The molecule has 0 radical (unpaired) electrons. The fourth-order valence-corrected chi connectivity index (χ4v) is 3.28. The molecule has 0 aliphatic heterocycles. The van der Waals surface area contributed by atoms with E-state index in [2.05, 4.69) is 34.7 Å². The smallest absolute Gasteiger partial charge is 0.0558 e. The molecule has 0 aromatic rings. The van der Waals surface area contributed by atoms with E-state index in [-0.39, 0.29) is 6.61 Å². The number of alkyl halides is 1. The average molecular weight is 278 g/mol. The lowest BCUT2D eigenvalue weighted by atomic mass is 9.88. The third kappa shape index (κ3) is 3.72. The monoisotopic (exact) mass is 277 g/mol. The van der Waals surface area contributed by atoms with E-state index in [1.807, 2.05) is 0 Å². The zero-order chi connectivity index (χ0) is 11.3. The minimum Gasteiger partial charge on any atom is -0.395 e. The van der Waals surface area contributed by atoms with Gasteiger partial charge in [-0.05, 0) is 32.1 Å². The van der Waals surface area contributed by atoms with Crippen LogP contribution in [0.25, 0.3) is 0 Å². The van der Waals surface area contributed by atoms with Crippen LogP contribution < -0.4 is 0 Å². The fourth-order valence-electron chi connectivity index (χ4n) is 2.54. The Morgan fingerprint density at radius 3 is 2.33 bits per heavy atom. The molecule has 1 rings (SSSR count). The Balaban J connectivity index is 2.54. The number of aliphatic hydroxyl groups excluding tert-OH is 1. The Labute approximate surface area is 102 Å². The lowest BCUT2D eigenvalue weighted by Crippen LogP contribution is -2.42. The predicted molar refractivity (Wildman–Crippen MR) is 68.5 cm³/mol. The minimum absolute atomic E-state index is 0.274. The molecule has 0 atom stereocenters. The van der Waals surface area contributed by atoms with Gasteiger partial charge in [0.05, 0.1) is 6.61 Å². The van der Waals surface area contributed by atoms with Crippen molar-refractivity contribution < 1.29 is 5.11 Å². The largest absolute Gasteiger partial charge is 0.395 e. The summed E-state index contributed by atoms with van der Waals surface area (Å²) in [5, 5.41) is 10.2. The topological polar surface area (TPSA) is 23.5 Å². The van der Waals surface area contributed by atoms with Crippen LogP contribution in [0, 0.1) is 5.41 Å². The van der Waals surface area contributed by atoms with Crippen LogP contribution in [-0.2, 0) is 0 Å². The van der Waals surface area contributed by atoms with E-state index in [1.165, 1.54) is 25.7 Å². The molecule has 0 heterocycles. The highest BCUT2D eigenvalue weighted by molar-refractivity contribution is 9.09. The van der Waals surface area contributed by atoms with Crippen molar-refractivity contribution in [1.82, 2.24) is 4.90 Å². The molecule has 1 fully saturated rings. The van der Waals surface area contributed by atoms with Crippen LogP contribution >= 0.6 is 15.9 Å². The van der Waals surface area contributed by atoms with Crippen LogP contribution in [0.1, 0.15) is 39.5 Å². The van der Waals surface area contributed by atoms with Crippen LogP contribution in [0.4, 0.5) is 0 Å². The first-order valence-electron chi connectivity index (χ1n) is 6.04. The number of aliphatic hydroxyl groups is 1. The quantitative estimate of drug-likeness (QED) is 0.755. The van der Waals surface area contributed by atoms with Gasteiger partial charge in [0.25, 0.3) is 0 Å². The summed E-state index contributed by atoms with van der Waals surface area (Å²) >= 11 is 3.67. The van der Waals surface area contributed by atoms with Crippen molar-refractivity contribution in [2.45, 2.75) is 45.6 Å². The summed E-state index contributed by atoms with van der Waals surface area (Å²) in [6.07, 6.45) is 5.42. The number of rotatable bonds is 6. The first-order valence-corrected chi connectivity index (χ1v) is 7.16.